The van der Waals surface area contributed by atoms with Gasteiger partial charge in [0.05, 0.1) is 11.9 Å². The zero-order chi connectivity index (χ0) is 18.4. The summed E-state index contributed by atoms with van der Waals surface area (Å²) in [6, 6.07) is 5.64. The Morgan fingerprint density at radius 1 is 1.36 bits per heavy atom. The Morgan fingerprint density at radius 2 is 2.12 bits per heavy atom. The molecular weight excluding hydrogens is 360 g/mol. The van der Waals surface area contributed by atoms with Gasteiger partial charge in [0.15, 0.2) is 0 Å². The highest BCUT2D eigenvalue weighted by molar-refractivity contribution is 7.92. The molecule has 1 unspecified atom stereocenters. The minimum absolute atomic E-state index is 0.318. The SMILES string of the molecule is CC(C(=O)NCCC1=CCCCC1)N(c1cccc(Cl)c1)S(C)(=O)=O. The molecule has 5 nitrogen and oxygen atoms in total. The van der Waals surface area contributed by atoms with E-state index in [-0.39, 0.29) is 5.91 Å². The fraction of sp³-hybridized carbons (Fsp3) is 0.500. The smallest absolute Gasteiger partial charge is 0.243 e. The molecule has 1 aromatic rings. The van der Waals surface area contributed by atoms with Gasteiger partial charge in [0, 0.05) is 11.6 Å². The number of hydrogen-bond acceptors (Lipinski definition) is 3. The van der Waals surface area contributed by atoms with E-state index in [1.165, 1.54) is 18.4 Å². The normalized spacial score (nSPS) is 16.0. The Bertz CT molecular complexity index is 746. The Labute approximate surface area is 155 Å². The average molecular weight is 385 g/mol. The summed E-state index contributed by atoms with van der Waals surface area (Å²) < 4.78 is 25.5. The summed E-state index contributed by atoms with van der Waals surface area (Å²) in [5.74, 6) is -0.318. The maximum Gasteiger partial charge on any atom is 0.243 e. The number of benzene rings is 1. The maximum atomic E-state index is 12.5. The predicted molar refractivity (Wildman–Crippen MR) is 102 cm³/mol. The van der Waals surface area contributed by atoms with Gasteiger partial charge in [-0.25, -0.2) is 8.42 Å². The monoisotopic (exact) mass is 384 g/mol. The highest BCUT2D eigenvalue weighted by Crippen LogP contribution is 2.24. The summed E-state index contributed by atoms with van der Waals surface area (Å²) in [7, 11) is -3.62. The van der Waals surface area contributed by atoms with Gasteiger partial charge in [-0.2, -0.15) is 0 Å². The van der Waals surface area contributed by atoms with Crippen LogP contribution in [0.1, 0.15) is 39.0 Å². The van der Waals surface area contributed by atoms with Crippen molar-refractivity contribution >= 4 is 33.2 Å². The molecule has 0 bridgehead atoms. The molecule has 0 radical (unpaired) electrons. The largest absolute Gasteiger partial charge is 0.354 e. The van der Waals surface area contributed by atoms with Gasteiger partial charge in [0.1, 0.15) is 6.04 Å². The number of carbonyl (C=O) groups is 1. The van der Waals surface area contributed by atoms with Gasteiger partial charge in [-0.15, -0.1) is 0 Å². The summed E-state index contributed by atoms with van der Waals surface area (Å²) in [5.41, 5.74) is 1.75. The first-order valence-electron chi connectivity index (χ1n) is 8.49. The van der Waals surface area contributed by atoms with Crippen LogP contribution in [0.2, 0.25) is 5.02 Å². The summed E-state index contributed by atoms with van der Waals surface area (Å²) >= 11 is 5.96. The van der Waals surface area contributed by atoms with Gasteiger partial charge in [0.25, 0.3) is 0 Å². The van der Waals surface area contributed by atoms with Gasteiger partial charge in [-0.1, -0.05) is 29.3 Å². The lowest BCUT2D eigenvalue weighted by Crippen LogP contribution is -2.48. The molecular formula is C18H25ClN2O3S. The minimum atomic E-state index is -3.62. The third kappa shape index (κ3) is 5.75. The van der Waals surface area contributed by atoms with Crippen molar-refractivity contribution < 1.29 is 13.2 Å². The van der Waals surface area contributed by atoms with Crippen molar-refractivity contribution in [1.82, 2.24) is 5.32 Å². The van der Waals surface area contributed by atoms with Gasteiger partial charge >= 0.3 is 0 Å². The van der Waals surface area contributed by atoms with Crippen LogP contribution in [0.5, 0.6) is 0 Å². The molecule has 138 valence electrons. The van der Waals surface area contributed by atoms with Crippen molar-refractivity contribution in [3.8, 4) is 0 Å². The van der Waals surface area contributed by atoms with Crippen molar-refractivity contribution in [2.75, 3.05) is 17.1 Å². The second kappa shape index (κ2) is 8.72. The molecule has 0 aliphatic heterocycles. The minimum Gasteiger partial charge on any atom is -0.354 e. The standard InChI is InChI=1S/C18H25ClN2O3S/c1-14(18(22)20-12-11-15-7-4-3-5-8-15)21(25(2,23)24)17-10-6-9-16(19)13-17/h6-7,9-10,13-14H,3-5,8,11-12H2,1-2H3,(H,20,22). The molecule has 0 heterocycles. The predicted octanol–water partition coefficient (Wildman–Crippen LogP) is 3.50. The Hall–Kier alpha value is -1.53. The number of nitrogens with one attached hydrogen (secondary N) is 1. The van der Waals surface area contributed by atoms with Gasteiger partial charge in [-0.3, -0.25) is 9.10 Å². The summed E-state index contributed by atoms with van der Waals surface area (Å²) in [4.78, 5) is 12.5. The van der Waals surface area contributed by atoms with Crippen LogP contribution < -0.4 is 9.62 Å². The number of hydrogen-bond donors (Lipinski definition) is 1. The summed E-state index contributed by atoms with van der Waals surface area (Å²) in [5, 5.41) is 3.27. The molecule has 7 heteroatoms. The van der Waals surface area contributed by atoms with Crippen LogP contribution in [0.3, 0.4) is 0 Å². The van der Waals surface area contributed by atoms with Gasteiger partial charge in [0.2, 0.25) is 15.9 Å². The highest BCUT2D eigenvalue weighted by Gasteiger charge is 2.29. The maximum absolute atomic E-state index is 12.5. The van der Waals surface area contributed by atoms with E-state index >= 15 is 0 Å². The number of rotatable bonds is 7. The molecule has 25 heavy (non-hydrogen) atoms. The van der Waals surface area contributed by atoms with E-state index in [1.54, 1.807) is 31.2 Å². The van der Waals surface area contributed by atoms with Crippen LogP contribution in [0, 0.1) is 0 Å². The lowest BCUT2D eigenvalue weighted by molar-refractivity contribution is -0.121. The molecule has 0 saturated heterocycles. The molecule has 0 aromatic heterocycles. The number of sulfonamides is 1. The number of nitrogens with zero attached hydrogens (tertiary/aromatic N) is 1. The number of carbonyl (C=O) groups excluding carboxylic acids is 1. The molecule has 1 aromatic carbocycles. The number of halogens is 1. The molecule has 1 atom stereocenters. The van der Waals surface area contributed by atoms with E-state index in [4.69, 9.17) is 11.6 Å². The van der Waals surface area contributed by atoms with Crippen LogP contribution in [-0.4, -0.2) is 33.2 Å². The molecule has 0 spiro atoms. The molecule has 1 aliphatic carbocycles. The van der Waals surface area contributed by atoms with E-state index in [0.717, 1.165) is 29.8 Å². The third-order valence-electron chi connectivity index (χ3n) is 4.28. The first-order valence-corrected chi connectivity index (χ1v) is 10.7. The molecule has 2 rings (SSSR count). The molecule has 0 fully saturated rings. The second-order valence-corrected chi connectivity index (χ2v) is 8.66. The molecule has 1 N–H and O–H groups in total. The Balaban J connectivity index is 2.04. The van der Waals surface area contributed by atoms with E-state index in [2.05, 4.69) is 11.4 Å². The van der Waals surface area contributed by atoms with Crippen LogP contribution in [0.25, 0.3) is 0 Å². The van der Waals surface area contributed by atoms with Crippen molar-refractivity contribution in [3.63, 3.8) is 0 Å². The lowest BCUT2D eigenvalue weighted by atomic mass is 9.97. The van der Waals surface area contributed by atoms with Gasteiger partial charge < -0.3 is 5.32 Å². The highest BCUT2D eigenvalue weighted by atomic mass is 35.5. The van der Waals surface area contributed by atoms with E-state index < -0.39 is 16.1 Å². The Morgan fingerprint density at radius 3 is 2.72 bits per heavy atom. The number of allylic oxidation sites excluding steroid dienone is 1. The first kappa shape index (κ1) is 19.8. The summed E-state index contributed by atoms with van der Waals surface area (Å²) in [6.45, 7) is 2.10. The lowest BCUT2D eigenvalue weighted by Gasteiger charge is -2.28. The topological polar surface area (TPSA) is 66.5 Å². The van der Waals surface area contributed by atoms with E-state index in [9.17, 15) is 13.2 Å². The van der Waals surface area contributed by atoms with Crippen LogP contribution >= 0.6 is 11.6 Å². The Kier molecular flexibility index (Phi) is 6.90. The van der Waals surface area contributed by atoms with E-state index in [0.29, 0.717) is 17.3 Å². The zero-order valence-corrected chi connectivity index (χ0v) is 16.2. The van der Waals surface area contributed by atoms with Crippen molar-refractivity contribution in [1.29, 1.82) is 0 Å². The van der Waals surface area contributed by atoms with Crippen molar-refractivity contribution in [3.05, 3.63) is 40.9 Å². The fourth-order valence-corrected chi connectivity index (χ4v) is 4.40. The number of amides is 1. The average Bonchev–Trinajstić information content (AvgIpc) is 2.54. The van der Waals surface area contributed by atoms with E-state index in [1.807, 2.05) is 0 Å². The molecule has 1 aliphatic rings. The van der Waals surface area contributed by atoms with Crippen molar-refractivity contribution in [2.24, 2.45) is 0 Å². The van der Waals surface area contributed by atoms with Crippen molar-refractivity contribution in [2.45, 2.75) is 45.1 Å². The molecule has 0 saturated carbocycles. The molecule has 1 amide bonds. The van der Waals surface area contributed by atoms with Crippen LogP contribution in [0.15, 0.2) is 35.9 Å². The third-order valence-corrected chi connectivity index (χ3v) is 5.76. The number of anilines is 1. The first-order chi connectivity index (χ1) is 11.8. The second-order valence-electron chi connectivity index (χ2n) is 6.36. The quantitative estimate of drug-likeness (QED) is 0.731. The van der Waals surface area contributed by atoms with Gasteiger partial charge in [-0.05, 0) is 57.2 Å². The van der Waals surface area contributed by atoms with Crippen LogP contribution in [-0.2, 0) is 14.8 Å². The zero-order valence-electron chi connectivity index (χ0n) is 14.7. The van der Waals surface area contributed by atoms with Crippen LogP contribution in [0.4, 0.5) is 5.69 Å². The summed E-state index contributed by atoms with van der Waals surface area (Å²) in [6.07, 6.45) is 8.77. The fourth-order valence-electron chi connectivity index (χ4n) is 3.05.